The molecule has 7 heteroatoms. The number of rotatable bonds is 4. The van der Waals surface area contributed by atoms with Crippen LogP contribution in [0.25, 0.3) is 27.5 Å². The Kier molecular flexibility index (Phi) is 4.14. The van der Waals surface area contributed by atoms with Gasteiger partial charge in [-0.15, -0.1) is 11.3 Å². The van der Waals surface area contributed by atoms with Crippen LogP contribution < -0.4 is 10.3 Å². The second-order valence-electron chi connectivity index (χ2n) is 5.59. The van der Waals surface area contributed by atoms with E-state index in [2.05, 4.69) is 10.1 Å². The first-order valence-corrected chi connectivity index (χ1v) is 8.95. The fourth-order valence-corrected chi connectivity index (χ4v) is 3.47. The number of hydrogen-bond acceptors (Lipinski definition) is 6. The number of aromatic hydroxyl groups is 1. The van der Waals surface area contributed by atoms with E-state index in [-0.39, 0.29) is 17.0 Å². The predicted octanol–water partition coefficient (Wildman–Crippen LogP) is 3.59. The molecule has 0 saturated heterocycles. The van der Waals surface area contributed by atoms with Gasteiger partial charge in [0.2, 0.25) is 4.96 Å². The van der Waals surface area contributed by atoms with Crippen LogP contribution in [0.3, 0.4) is 0 Å². The molecule has 4 aromatic rings. The molecule has 0 aliphatic rings. The monoisotopic (exact) mass is 365 g/mol. The zero-order chi connectivity index (χ0) is 18.1. The summed E-state index contributed by atoms with van der Waals surface area (Å²) in [5.74, 6) is 0.937. The Balaban J connectivity index is 1.83. The van der Waals surface area contributed by atoms with Gasteiger partial charge in [0, 0.05) is 16.5 Å². The number of aromatic nitrogens is 3. The van der Waals surface area contributed by atoms with Gasteiger partial charge in [-0.05, 0) is 55.5 Å². The molecule has 2 aromatic carbocycles. The molecule has 1 N–H and O–H groups in total. The number of fused-ring (bicyclic) bond motifs is 1. The molecule has 0 saturated carbocycles. The lowest BCUT2D eigenvalue weighted by Crippen LogP contribution is -2.14. The van der Waals surface area contributed by atoms with Crippen LogP contribution in [-0.4, -0.2) is 26.3 Å². The van der Waals surface area contributed by atoms with Crippen LogP contribution in [-0.2, 0) is 0 Å². The molecule has 2 heterocycles. The van der Waals surface area contributed by atoms with Gasteiger partial charge in [0.05, 0.1) is 12.3 Å². The average molecular weight is 365 g/mol. The van der Waals surface area contributed by atoms with Crippen LogP contribution in [0.15, 0.2) is 58.7 Å². The molecule has 130 valence electrons. The zero-order valence-electron chi connectivity index (χ0n) is 13.9. The number of benzene rings is 2. The molecule has 0 atom stereocenters. The number of phenols is 1. The molecule has 0 amide bonds. The van der Waals surface area contributed by atoms with Crippen LogP contribution in [0, 0.1) is 0 Å². The number of nitrogens with zero attached hydrogens (tertiary/aromatic N) is 3. The molecule has 0 unspecified atom stereocenters. The van der Waals surface area contributed by atoms with Crippen molar-refractivity contribution >= 4 is 16.3 Å². The highest BCUT2D eigenvalue weighted by Crippen LogP contribution is 2.26. The van der Waals surface area contributed by atoms with Crippen molar-refractivity contribution in [3.63, 3.8) is 0 Å². The molecule has 0 spiro atoms. The van der Waals surface area contributed by atoms with Crippen molar-refractivity contribution in [3.05, 3.63) is 64.3 Å². The van der Waals surface area contributed by atoms with Crippen molar-refractivity contribution in [2.45, 2.75) is 6.92 Å². The van der Waals surface area contributed by atoms with Gasteiger partial charge in [0.1, 0.15) is 11.5 Å². The molecule has 0 aliphatic carbocycles. The maximum absolute atomic E-state index is 12.4. The summed E-state index contributed by atoms with van der Waals surface area (Å²) in [5.41, 5.74) is 2.29. The molecule has 2 aromatic heterocycles. The highest BCUT2D eigenvalue weighted by Gasteiger charge is 2.13. The Labute approximate surface area is 153 Å². The fraction of sp³-hybridized carbons (Fsp3) is 0.105. The smallest absolute Gasteiger partial charge is 0.300 e. The Morgan fingerprint density at radius 1 is 1.08 bits per heavy atom. The van der Waals surface area contributed by atoms with Gasteiger partial charge in [-0.3, -0.25) is 4.79 Å². The second-order valence-corrected chi connectivity index (χ2v) is 6.42. The van der Waals surface area contributed by atoms with Crippen LogP contribution in [0.1, 0.15) is 6.92 Å². The number of phenolic OH excluding ortho intramolecular Hbond substituents is 1. The van der Waals surface area contributed by atoms with E-state index >= 15 is 0 Å². The third-order valence-corrected chi connectivity index (χ3v) is 4.70. The summed E-state index contributed by atoms with van der Waals surface area (Å²) < 4.78 is 7.09. The lowest BCUT2D eigenvalue weighted by Gasteiger charge is -2.06. The third-order valence-electron chi connectivity index (χ3n) is 3.89. The normalized spacial score (nSPS) is 11.0. The standard InChI is InChI=1S/C19H15N3O3S/c1-2-25-15-9-5-13(6-10-15)17-18(24)20-19-22(21-17)16(11-26-19)12-3-7-14(23)8-4-12/h3-11,23H,2H2,1H3. The minimum absolute atomic E-state index is 0.196. The van der Waals surface area contributed by atoms with Crippen molar-refractivity contribution in [2.24, 2.45) is 0 Å². The van der Waals surface area contributed by atoms with Gasteiger partial charge in [0.15, 0.2) is 5.69 Å². The van der Waals surface area contributed by atoms with Gasteiger partial charge >= 0.3 is 5.56 Å². The van der Waals surface area contributed by atoms with Gasteiger partial charge in [-0.25, -0.2) is 4.52 Å². The summed E-state index contributed by atoms with van der Waals surface area (Å²) in [6, 6.07) is 14.0. The number of thiazole rings is 1. The Hall–Kier alpha value is -3.19. The Morgan fingerprint density at radius 2 is 1.77 bits per heavy atom. The topological polar surface area (TPSA) is 76.7 Å². The van der Waals surface area contributed by atoms with Gasteiger partial charge in [-0.1, -0.05) is 0 Å². The minimum Gasteiger partial charge on any atom is -0.508 e. The summed E-state index contributed by atoms with van der Waals surface area (Å²) in [4.78, 5) is 17.1. The van der Waals surface area contributed by atoms with E-state index in [0.29, 0.717) is 17.1 Å². The molecular weight excluding hydrogens is 350 g/mol. The van der Waals surface area contributed by atoms with E-state index in [1.54, 1.807) is 40.9 Å². The van der Waals surface area contributed by atoms with Crippen molar-refractivity contribution in [3.8, 4) is 34.0 Å². The molecule has 0 radical (unpaired) electrons. The maximum atomic E-state index is 12.4. The first kappa shape index (κ1) is 16.3. The summed E-state index contributed by atoms with van der Waals surface area (Å²) >= 11 is 1.35. The lowest BCUT2D eigenvalue weighted by atomic mass is 10.1. The predicted molar refractivity (Wildman–Crippen MR) is 101 cm³/mol. The van der Waals surface area contributed by atoms with Crippen molar-refractivity contribution in [2.75, 3.05) is 6.61 Å². The fourth-order valence-electron chi connectivity index (χ4n) is 2.64. The van der Waals surface area contributed by atoms with E-state index < -0.39 is 0 Å². The van der Waals surface area contributed by atoms with Crippen molar-refractivity contribution in [1.82, 2.24) is 14.6 Å². The maximum Gasteiger partial charge on any atom is 0.300 e. The molecule has 0 bridgehead atoms. The van der Waals surface area contributed by atoms with Crippen LogP contribution in [0.4, 0.5) is 0 Å². The van der Waals surface area contributed by atoms with E-state index in [9.17, 15) is 9.90 Å². The first-order chi connectivity index (χ1) is 12.7. The quantitative estimate of drug-likeness (QED) is 0.598. The molecule has 0 fully saturated rings. The number of ether oxygens (including phenoxy) is 1. The lowest BCUT2D eigenvalue weighted by molar-refractivity contribution is 0.340. The van der Waals surface area contributed by atoms with Gasteiger partial charge in [0.25, 0.3) is 0 Å². The summed E-state index contributed by atoms with van der Waals surface area (Å²) in [6.45, 7) is 2.50. The van der Waals surface area contributed by atoms with Gasteiger partial charge in [-0.2, -0.15) is 10.1 Å². The molecule has 0 aliphatic heterocycles. The second kappa shape index (κ2) is 6.61. The van der Waals surface area contributed by atoms with E-state index in [1.165, 1.54) is 11.3 Å². The van der Waals surface area contributed by atoms with E-state index in [4.69, 9.17) is 4.74 Å². The molecule has 6 nitrogen and oxygen atoms in total. The number of hydrogen-bond donors (Lipinski definition) is 1. The summed E-state index contributed by atoms with van der Waals surface area (Å²) in [6.07, 6.45) is 0. The van der Waals surface area contributed by atoms with E-state index in [1.807, 2.05) is 24.4 Å². The SMILES string of the molecule is CCOc1ccc(-c2nn3c(-c4ccc(O)cc4)csc3nc2=O)cc1. The van der Waals surface area contributed by atoms with Crippen LogP contribution >= 0.6 is 11.3 Å². The molecular formula is C19H15N3O3S. The first-order valence-electron chi connectivity index (χ1n) is 8.07. The van der Waals surface area contributed by atoms with Crippen LogP contribution in [0.5, 0.6) is 11.5 Å². The highest BCUT2D eigenvalue weighted by molar-refractivity contribution is 7.15. The summed E-state index contributed by atoms with van der Waals surface area (Å²) in [7, 11) is 0. The van der Waals surface area contributed by atoms with E-state index in [0.717, 1.165) is 17.0 Å². The average Bonchev–Trinajstić information content (AvgIpc) is 3.05. The summed E-state index contributed by atoms with van der Waals surface area (Å²) in [5, 5.41) is 15.9. The zero-order valence-corrected chi connectivity index (χ0v) is 14.7. The minimum atomic E-state index is -0.367. The Bertz CT molecular complexity index is 1120. The largest absolute Gasteiger partial charge is 0.508 e. The molecule has 26 heavy (non-hydrogen) atoms. The van der Waals surface area contributed by atoms with Gasteiger partial charge < -0.3 is 9.84 Å². The third kappa shape index (κ3) is 2.93. The highest BCUT2D eigenvalue weighted by atomic mass is 32.1. The Morgan fingerprint density at radius 3 is 2.46 bits per heavy atom. The van der Waals surface area contributed by atoms with Crippen LogP contribution in [0.2, 0.25) is 0 Å². The van der Waals surface area contributed by atoms with Crippen molar-refractivity contribution < 1.29 is 9.84 Å². The van der Waals surface area contributed by atoms with Crippen molar-refractivity contribution in [1.29, 1.82) is 0 Å². The molecule has 4 rings (SSSR count).